The molecule has 1 atom stereocenters. The summed E-state index contributed by atoms with van der Waals surface area (Å²) < 4.78 is 99.2. The lowest BCUT2D eigenvalue weighted by atomic mass is 10.2. The SMILES string of the molecule is CC1(C)OCC(COc2cc(Oc3ccc(F)cc3F)cc3c2cnn3COCC[Si](C)(C)C)O1.C[Si](C)(C)CCOCn1ncc2c(Br)cc(Oc3ccc(F)cc3F)cc21. The standard InChI is InChI=1S/C25H32F2N2O5Si.C19H21BrF2N2O2Si/c1-25(2)32-15-19(34-25)14-31-24-12-18(33-23-7-6-17(26)10-21(23)27)11-22-20(24)13-28-29(22)16-30-8-9-35(3,4)5;1-27(2,3)7-6-25-12-24-18-10-14(9-16(20)15(18)11-23-24)26-19-5-4-13(21)8-17(19)22/h6-7,10-13,19H,8-9,14-16H2,1-5H3;4-5,8-11H,6-7,12H2,1-3H3. The summed E-state index contributed by atoms with van der Waals surface area (Å²) in [6.07, 6.45) is 3.20. The quantitative estimate of drug-likeness (QED) is 0.0502. The molecule has 4 aromatic carbocycles. The van der Waals surface area contributed by atoms with Crippen molar-refractivity contribution < 1.29 is 50.7 Å². The van der Waals surface area contributed by atoms with Crippen molar-refractivity contribution >= 4 is 53.9 Å². The van der Waals surface area contributed by atoms with E-state index in [9.17, 15) is 17.6 Å². The number of nitrogens with zero attached hydrogens (tertiary/aromatic N) is 4. The molecule has 1 unspecified atom stereocenters. The third-order valence-electron chi connectivity index (χ3n) is 9.54. The van der Waals surface area contributed by atoms with Gasteiger partial charge in [0, 0.05) is 69.6 Å². The van der Waals surface area contributed by atoms with Crippen molar-refractivity contribution in [3.05, 3.63) is 101 Å². The minimum absolute atomic E-state index is 0.0416. The van der Waals surface area contributed by atoms with Crippen molar-refractivity contribution in [2.75, 3.05) is 26.4 Å². The average Bonchev–Trinajstić information content (AvgIpc) is 3.89. The normalized spacial score (nSPS) is 15.2. The van der Waals surface area contributed by atoms with Crippen LogP contribution in [0.3, 0.4) is 0 Å². The van der Waals surface area contributed by atoms with Gasteiger partial charge in [-0.2, -0.15) is 10.2 Å². The third kappa shape index (κ3) is 13.4. The Morgan fingerprint density at radius 1 is 0.694 bits per heavy atom. The van der Waals surface area contributed by atoms with Gasteiger partial charge in [0.2, 0.25) is 0 Å². The molecule has 0 saturated carbocycles. The van der Waals surface area contributed by atoms with Crippen LogP contribution < -0.4 is 14.2 Å². The first-order chi connectivity index (χ1) is 29.2. The van der Waals surface area contributed by atoms with Gasteiger partial charge in [0.05, 0.1) is 35.4 Å². The summed E-state index contributed by atoms with van der Waals surface area (Å²) in [5.74, 6) is -2.43. The smallest absolute Gasteiger partial charge is 0.168 e. The first kappa shape index (κ1) is 47.2. The molecular formula is C44H53BrF4N4O7Si2. The van der Waals surface area contributed by atoms with Gasteiger partial charge in [0.1, 0.15) is 55.1 Å². The fourth-order valence-electron chi connectivity index (χ4n) is 6.13. The summed E-state index contributed by atoms with van der Waals surface area (Å²) in [5, 5.41) is 10.5. The van der Waals surface area contributed by atoms with E-state index in [1.165, 1.54) is 12.1 Å². The zero-order chi connectivity index (χ0) is 44.8. The maximum Gasteiger partial charge on any atom is 0.168 e. The van der Waals surface area contributed by atoms with Gasteiger partial charge in [-0.05, 0) is 72.2 Å². The summed E-state index contributed by atoms with van der Waals surface area (Å²) in [5.41, 5.74) is 1.51. The molecule has 1 saturated heterocycles. The van der Waals surface area contributed by atoms with Gasteiger partial charge >= 0.3 is 0 Å². The molecule has 6 aromatic rings. The van der Waals surface area contributed by atoms with Crippen molar-refractivity contribution in [2.45, 2.75) is 90.6 Å². The summed E-state index contributed by atoms with van der Waals surface area (Å²) in [4.78, 5) is 0. The van der Waals surface area contributed by atoms with Crippen LogP contribution in [0.25, 0.3) is 21.8 Å². The molecule has 11 nitrogen and oxygen atoms in total. The lowest BCUT2D eigenvalue weighted by Gasteiger charge is -2.18. The summed E-state index contributed by atoms with van der Waals surface area (Å²) in [7, 11) is -2.36. The lowest BCUT2D eigenvalue weighted by molar-refractivity contribution is -0.141. The zero-order valence-corrected chi connectivity index (χ0v) is 39.8. The molecule has 0 radical (unpaired) electrons. The Morgan fingerprint density at radius 3 is 1.68 bits per heavy atom. The molecule has 62 heavy (non-hydrogen) atoms. The fourth-order valence-corrected chi connectivity index (χ4v) is 8.17. The average molecular weight is 962 g/mol. The number of benzene rings is 4. The van der Waals surface area contributed by atoms with Gasteiger partial charge in [0.25, 0.3) is 0 Å². The highest BCUT2D eigenvalue weighted by molar-refractivity contribution is 9.10. The highest BCUT2D eigenvalue weighted by Gasteiger charge is 2.33. The number of fused-ring (bicyclic) bond motifs is 2. The maximum absolute atomic E-state index is 14.2. The van der Waals surface area contributed by atoms with Gasteiger partial charge in [-0.3, -0.25) is 0 Å². The van der Waals surface area contributed by atoms with Gasteiger partial charge in [-0.25, -0.2) is 26.9 Å². The minimum Gasteiger partial charge on any atom is -0.490 e. The minimum atomic E-state index is -1.22. The van der Waals surface area contributed by atoms with E-state index in [0.29, 0.717) is 49.3 Å². The Labute approximate surface area is 369 Å². The number of hydrogen-bond donors (Lipinski definition) is 0. The highest BCUT2D eigenvalue weighted by Crippen LogP contribution is 2.36. The summed E-state index contributed by atoms with van der Waals surface area (Å²) >= 11 is 3.49. The lowest BCUT2D eigenvalue weighted by Crippen LogP contribution is -2.25. The highest BCUT2D eigenvalue weighted by atomic mass is 79.9. The molecule has 18 heteroatoms. The van der Waals surface area contributed by atoms with Crippen LogP contribution in [0.1, 0.15) is 13.8 Å². The second kappa shape index (κ2) is 20.0. The molecule has 334 valence electrons. The largest absolute Gasteiger partial charge is 0.490 e. The van der Waals surface area contributed by atoms with E-state index < -0.39 is 45.2 Å². The van der Waals surface area contributed by atoms with Crippen LogP contribution in [0.5, 0.6) is 28.7 Å². The predicted molar refractivity (Wildman–Crippen MR) is 239 cm³/mol. The van der Waals surface area contributed by atoms with Crippen molar-refractivity contribution in [1.82, 2.24) is 19.6 Å². The zero-order valence-electron chi connectivity index (χ0n) is 36.2. The number of rotatable bonds is 17. The van der Waals surface area contributed by atoms with Gasteiger partial charge in [-0.1, -0.05) is 39.3 Å². The van der Waals surface area contributed by atoms with E-state index in [4.69, 9.17) is 33.2 Å². The van der Waals surface area contributed by atoms with Crippen molar-refractivity contribution in [3.8, 4) is 28.7 Å². The topological polar surface area (TPSA) is 100 Å². The second-order valence-corrected chi connectivity index (χ2v) is 29.9. The molecule has 0 spiro atoms. The predicted octanol–water partition coefficient (Wildman–Crippen LogP) is 12.1. The first-order valence-corrected chi connectivity index (χ1v) is 28.4. The van der Waals surface area contributed by atoms with Gasteiger partial charge < -0.3 is 33.2 Å². The molecule has 1 aliphatic heterocycles. The number of aromatic nitrogens is 4. The van der Waals surface area contributed by atoms with E-state index in [0.717, 1.165) is 57.1 Å². The fraction of sp³-hybridized carbons (Fsp3) is 0.409. The molecule has 3 heterocycles. The van der Waals surface area contributed by atoms with Crippen LogP contribution in [0.2, 0.25) is 51.4 Å². The van der Waals surface area contributed by atoms with E-state index in [-0.39, 0.29) is 30.9 Å². The van der Waals surface area contributed by atoms with E-state index in [1.807, 2.05) is 13.8 Å². The van der Waals surface area contributed by atoms with Crippen LogP contribution in [-0.2, 0) is 32.4 Å². The Kier molecular flexibility index (Phi) is 15.2. The van der Waals surface area contributed by atoms with Gasteiger partial charge in [0.15, 0.2) is 28.9 Å². The summed E-state index contributed by atoms with van der Waals surface area (Å²) in [6, 6.07) is 15.4. The Morgan fingerprint density at radius 2 is 1.19 bits per heavy atom. The van der Waals surface area contributed by atoms with Crippen LogP contribution in [-0.4, -0.2) is 74.0 Å². The molecule has 0 amide bonds. The Bertz CT molecular complexity index is 2470. The van der Waals surface area contributed by atoms with Crippen LogP contribution in [0, 0.1) is 23.3 Å². The van der Waals surface area contributed by atoms with Crippen molar-refractivity contribution in [3.63, 3.8) is 0 Å². The second-order valence-electron chi connectivity index (χ2n) is 17.8. The number of ether oxygens (including phenoxy) is 7. The van der Waals surface area contributed by atoms with E-state index in [2.05, 4.69) is 65.4 Å². The van der Waals surface area contributed by atoms with Crippen molar-refractivity contribution in [2.24, 2.45) is 0 Å². The molecule has 0 N–H and O–H groups in total. The van der Waals surface area contributed by atoms with Crippen LogP contribution in [0.15, 0.2) is 77.5 Å². The van der Waals surface area contributed by atoms with E-state index in [1.54, 1.807) is 46.0 Å². The molecular weight excluding hydrogens is 909 g/mol. The molecule has 1 aliphatic rings. The molecule has 0 aliphatic carbocycles. The molecule has 2 aromatic heterocycles. The molecule has 0 bridgehead atoms. The summed E-state index contributed by atoms with van der Waals surface area (Å²) in [6.45, 7) is 20.1. The first-order valence-electron chi connectivity index (χ1n) is 20.2. The third-order valence-corrected chi connectivity index (χ3v) is 13.6. The number of hydrogen-bond acceptors (Lipinski definition) is 9. The van der Waals surface area contributed by atoms with E-state index >= 15 is 0 Å². The Balaban J connectivity index is 0.000000214. The monoisotopic (exact) mass is 960 g/mol. The van der Waals surface area contributed by atoms with Crippen LogP contribution >= 0.6 is 15.9 Å². The van der Waals surface area contributed by atoms with Crippen LogP contribution in [0.4, 0.5) is 17.6 Å². The Hall–Kier alpha value is -4.31. The maximum atomic E-state index is 14.2. The van der Waals surface area contributed by atoms with Gasteiger partial charge in [-0.15, -0.1) is 0 Å². The number of halogens is 5. The van der Waals surface area contributed by atoms with Crippen molar-refractivity contribution in [1.29, 1.82) is 0 Å². The molecule has 1 fully saturated rings. The molecule has 7 rings (SSSR count).